The quantitative estimate of drug-likeness (QED) is 0.893. The van der Waals surface area contributed by atoms with Gasteiger partial charge in [0, 0.05) is 13.1 Å². The average molecular weight is 324 g/mol. The summed E-state index contributed by atoms with van der Waals surface area (Å²) in [5.74, 6) is -0.251. The molecular weight excluding hydrogens is 300 g/mol. The molecule has 22 heavy (non-hydrogen) atoms. The molecule has 0 aliphatic carbocycles. The molecule has 0 unspecified atom stereocenters. The number of sulfonamides is 1. The fourth-order valence-electron chi connectivity index (χ4n) is 2.63. The van der Waals surface area contributed by atoms with Crippen molar-refractivity contribution >= 4 is 15.9 Å². The third kappa shape index (κ3) is 3.87. The number of nitrogens with one attached hydrogen (secondary N) is 1. The molecule has 0 saturated heterocycles. The Labute approximate surface area is 132 Å². The number of hydrogen-bond acceptors (Lipinski definition) is 3. The second kappa shape index (κ2) is 6.79. The van der Waals surface area contributed by atoms with E-state index in [1.807, 2.05) is 32.0 Å². The minimum absolute atomic E-state index is 0.0215. The molecule has 122 valence electrons. The van der Waals surface area contributed by atoms with Crippen LogP contribution in [0.4, 0.5) is 0 Å². The van der Waals surface area contributed by atoms with Gasteiger partial charge in [-0.3, -0.25) is 4.79 Å². The van der Waals surface area contributed by atoms with Crippen LogP contribution in [0.2, 0.25) is 0 Å². The monoisotopic (exact) mass is 324 g/mol. The highest BCUT2D eigenvalue weighted by molar-refractivity contribution is 7.89. The average Bonchev–Trinajstić information content (AvgIpc) is 2.51. The van der Waals surface area contributed by atoms with E-state index in [2.05, 4.69) is 10.8 Å². The van der Waals surface area contributed by atoms with Gasteiger partial charge >= 0.3 is 0 Å². The summed E-state index contributed by atoms with van der Waals surface area (Å²) in [6, 6.07) is 7.37. The van der Waals surface area contributed by atoms with Crippen LogP contribution < -0.4 is 4.72 Å². The van der Waals surface area contributed by atoms with Gasteiger partial charge in [0.15, 0.2) is 0 Å². The Kier molecular flexibility index (Phi) is 5.24. The van der Waals surface area contributed by atoms with E-state index in [0.717, 1.165) is 12.0 Å². The number of rotatable bonds is 5. The van der Waals surface area contributed by atoms with Crippen molar-refractivity contribution in [1.82, 2.24) is 9.62 Å². The Morgan fingerprint density at radius 2 is 1.91 bits per heavy atom. The molecule has 0 aromatic heterocycles. The Morgan fingerprint density at radius 1 is 1.27 bits per heavy atom. The third-order valence-electron chi connectivity index (χ3n) is 4.06. The summed E-state index contributed by atoms with van der Waals surface area (Å²) in [7, 11) is -3.41. The topological polar surface area (TPSA) is 66.5 Å². The van der Waals surface area contributed by atoms with Crippen molar-refractivity contribution in [3.63, 3.8) is 0 Å². The van der Waals surface area contributed by atoms with Crippen molar-refractivity contribution in [3.8, 4) is 0 Å². The maximum absolute atomic E-state index is 12.7. The predicted octanol–water partition coefficient (Wildman–Crippen LogP) is 1.54. The molecule has 6 heteroatoms. The standard InChI is InChI=1S/C16H24N2O3S/c1-4-22(20,21)17-15(12(2)3)16(19)18-10-9-13-7-5-6-8-14(13)11-18/h5-8,12,15,17H,4,9-11H2,1-3H3/t15-/m0/s1. The number of hydrogen-bond donors (Lipinski definition) is 1. The molecule has 1 atom stereocenters. The lowest BCUT2D eigenvalue weighted by Crippen LogP contribution is -2.52. The van der Waals surface area contributed by atoms with Gasteiger partial charge in [0.05, 0.1) is 5.75 Å². The Bertz CT molecular complexity index is 641. The highest BCUT2D eigenvalue weighted by atomic mass is 32.2. The minimum atomic E-state index is -3.41. The van der Waals surface area contributed by atoms with Crippen molar-refractivity contribution in [3.05, 3.63) is 35.4 Å². The van der Waals surface area contributed by atoms with Crippen LogP contribution in [0.1, 0.15) is 31.9 Å². The zero-order valence-electron chi connectivity index (χ0n) is 13.4. The lowest BCUT2D eigenvalue weighted by atomic mass is 9.97. The zero-order valence-corrected chi connectivity index (χ0v) is 14.2. The summed E-state index contributed by atoms with van der Waals surface area (Å²) < 4.78 is 26.2. The van der Waals surface area contributed by atoms with Crippen LogP contribution in [-0.4, -0.2) is 37.6 Å². The SMILES string of the molecule is CCS(=O)(=O)N[C@H](C(=O)N1CCc2ccccc2C1)C(C)C. The summed E-state index contributed by atoms with van der Waals surface area (Å²) in [5.41, 5.74) is 2.41. The second-order valence-corrected chi connectivity index (χ2v) is 8.06. The molecule has 0 saturated carbocycles. The van der Waals surface area contributed by atoms with Crippen LogP contribution in [0, 0.1) is 5.92 Å². The first-order valence-corrected chi connectivity index (χ1v) is 9.35. The molecule has 1 aromatic rings. The lowest BCUT2D eigenvalue weighted by molar-refractivity contribution is -0.135. The number of benzene rings is 1. The molecule has 1 amide bonds. The minimum Gasteiger partial charge on any atom is -0.337 e. The predicted molar refractivity (Wildman–Crippen MR) is 86.8 cm³/mol. The zero-order chi connectivity index (χ0) is 16.3. The van der Waals surface area contributed by atoms with E-state index in [9.17, 15) is 13.2 Å². The molecule has 0 spiro atoms. The molecule has 0 fully saturated rings. The Balaban J connectivity index is 2.15. The van der Waals surface area contributed by atoms with Gasteiger partial charge in [0.1, 0.15) is 6.04 Å². The number of carbonyl (C=O) groups is 1. The van der Waals surface area contributed by atoms with E-state index < -0.39 is 16.1 Å². The molecule has 0 radical (unpaired) electrons. The first-order valence-electron chi connectivity index (χ1n) is 7.69. The van der Waals surface area contributed by atoms with E-state index >= 15 is 0 Å². The van der Waals surface area contributed by atoms with Crippen LogP contribution in [0.15, 0.2) is 24.3 Å². The van der Waals surface area contributed by atoms with Gasteiger partial charge in [0.2, 0.25) is 15.9 Å². The van der Waals surface area contributed by atoms with Gasteiger partial charge in [-0.2, -0.15) is 0 Å². The molecule has 2 rings (SSSR count). The fourth-order valence-corrected chi connectivity index (χ4v) is 3.56. The molecule has 1 N–H and O–H groups in total. The van der Waals surface area contributed by atoms with Crippen LogP contribution in [0.3, 0.4) is 0 Å². The molecule has 1 aromatic carbocycles. The summed E-state index contributed by atoms with van der Waals surface area (Å²) in [4.78, 5) is 14.5. The van der Waals surface area contributed by atoms with E-state index in [-0.39, 0.29) is 17.6 Å². The van der Waals surface area contributed by atoms with Crippen LogP contribution in [0.25, 0.3) is 0 Å². The molecule has 1 heterocycles. The maximum atomic E-state index is 12.7. The van der Waals surface area contributed by atoms with Gasteiger partial charge in [-0.15, -0.1) is 0 Å². The summed E-state index contributed by atoms with van der Waals surface area (Å²) in [5, 5.41) is 0. The largest absolute Gasteiger partial charge is 0.337 e. The van der Waals surface area contributed by atoms with Crippen molar-refractivity contribution < 1.29 is 13.2 Å². The maximum Gasteiger partial charge on any atom is 0.241 e. The van der Waals surface area contributed by atoms with E-state index in [0.29, 0.717) is 13.1 Å². The first kappa shape index (κ1) is 17.0. The fraction of sp³-hybridized carbons (Fsp3) is 0.562. The third-order valence-corrected chi connectivity index (χ3v) is 5.43. The van der Waals surface area contributed by atoms with Crippen LogP contribution in [-0.2, 0) is 27.8 Å². The molecule has 1 aliphatic heterocycles. The van der Waals surface area contributed by atoms with Gasteiger partial charge in [-0.1, -0.05) is 38.1 Å². The summed E-state index contributed by atoms with van der Waals surface area (Å²) in [6.45, 7) is 6.47. The summed E-state index contributed by atoms with van der Waals surface area (Å²) in [6.07, 6.45) is 0.813. The van der Waals surface area contributed by atoms with Gasteiger partial charge < -0.3 is 4.90 Å². The number of carbonyl (C=O) groups excluding carboxylic acids is 1. The number of nitrogens with zero attached hydrogens (tertiary/aromatic N) is 1. The van der Waals surface area contributed by atoms with Crippen LogP contribution in [0.5, 0.6) is 0 Å². The van der Waals surface area contributed by atoms with Crippen molar-refractivity contribution in [2.75, 3.05) is 12.3 Å². The smallest absolute Gasteiger partial charge is 0.241 e. The van der Waals surface area contributed by atoms with Gasteiger partial charge in [-0.25, -0.2) is 13.1 Å². The lowest BCUT2D eigenvalue weighted by Gasteiger charge is -2.33. The number of amides is 1. The van der Waals surface area contributed by atoms with Gasteiger partial charge in [0.25, 0.3) is 0 Å². The Morgan fingerprint density at radius 3 is 2.50 bits per heavy atom. The molecule has 5 nitrogen and oxygen atoms in total. The summed E-state index contributed by atoms with van der Waals surface area (Å²) >= 11 is 0. The highest BCUT2D eigenvalue weighted by Gasteiger charge is 2.31. The Hall–Kier alpha value is -1.40. The molecular formula is C16H24N2O3S. The van der Waals surface area contributed by atoms with E-state index in [1.54, 1.807) is 11.8 Å². The van der Waals surface area contributed by atoms with E-state index in [4.69, 9.17) is 0 Å². The van der Waals surface area contributed by atoms with Gasteiger partial charge in [-0.05, 0) is 30.4 Å². The normalized spacial score (nSPS) is 16.5. The van der Waals surface area contributed by atoms with E-state index in [1.165, 1.54) is 5.56 Å². The van der Waals surface area contributed by atoms with Crippen molar-refractivity contribution in [2.45, 2.75) is 39.8 Å². The highest BCUT2D eigenvalue weighted by Crippen LogP contribution is 2.20. The molecule has 1 aliphatic rings. The van der Waals surface area contributed by atoms with Crippen LogP contribution >= 0.6 is 0 Å². The second-order valence-electron chi connectivity index (χ2n) is 6.02. The first-order chi connectivity index (χ1) is 10.3. The van der Waals surface area contributed by atoms with Crippen molar-refractivity contribution in [2.24, 2.45) is 5.92 Å². The van der Waals surface area contributed by atoms with Crippen molar-refractivity contribution in [1.29, 1.82) is 0 Å². The number of fused-ring (bicyclic) bond motifs is 1. The molecule has 0 bridgehead atoms.